The molecule has 196 valence electrons. The fourth-order valence-electron chi connectivity index (χ4n) is 4.02. The second-order valence-electron chi connectivity index (χ2n) is 8.32. The van der Waals surface area contributed by atoms with Crippen LogP contribution in [0.5, 0.6) is 0 Å². The van der Waals surface area contributed by atoms with Crippen molar-refractivity contribution in [3.8, 4) is 0 Å². The van der Waals surface area contributed by atoms with Crippen LogP contribution in [-0.2, 0) is 19.7 Å². The number of aromatic amines is 2. The number of sulfone groups is 2. The highest BCUT2D eigenvalue weighted by Gasteiger charge is 2.24. The van der Waals surface area contributed by atoms with Crippen molar-refractivity contribution in [2.75, 3.05) is 0 Å². The number of para-hydroxylation sites is 2. The standard InChI is InChI=1S/C15H12N2O2S.C13H9BrN2O2S/c1-2-11-7-6-10-13-14(11)16-17-15(13)20(18,19)12-8-4-3-5-9-12;14-11-8-4-7-10-12(11)15-16-13(10)19(17,18)9-5-2-1-3-6-9/h2-10H,1H2,(H,16,17);1-8H,(H,15,16). The van der Waals surface area contributed by atoms with Gasteiger partial charge in [0.05, 0.1) is 9.79 Å². The average molecular weight is 622 g/mol. The second-order valence-corrected chi connectivity index (χ2v) is 12.9. The van der Waals surface area contributed by atoms with E-state index in [2.05, 4.69) is 42.9 Å². The molecule has 6 rings (SSSR count). The molecule has 0 atom stereocenters. The first kappa shape index (κ1) is 26.5. The molecule has 11 heteroatoms. The first-order chi connectivity index (χ1) is 18.7. The van der Waals surface area contributed by atoms with E-state index in [9.17, 15) is 16.8 Å². The second kappa shape index (κ2) is 10.6. The smallest absolute Gasteiger partial charge is 0.223 e. The molecule has 0 aliphatic rings. The third-order valence-corrected chi connectivity index (χ3v) is 10.1. The highest BCUT2D eigenvalue weighted by molar-refractivity contribution is 9.10. The number of hydrogen-bond donors (Lipinski definition) is 2. The molecule has 0 bridgehead atoms. The molecule has 0 spiro atoms. The quantitative estimate of drug-likeness (QED) is 0.236. The van der Waals surface area contributed by atoms with Crippen molar-refractivity contribution in [3.63, 3.8) is 0 Å². The van der Waals surface area contributed by atoms with Crippen LogP contribution >= 0.6 is 15.9 Å². The van der Waals surface area contributed by atoms with Gasteiger partial charge in [0, 0.05) is 20.8 Å². The van der Waals surface area contributed by atoms with Gasteiger partial charge in [0.25, 0.3) is 0 Å². The van der Waals surface area contributed by atoms with Gasteiger partial charge >= 0.3 is 0 Å². The summed E-state index contributed by atoms with van der Waals surface area (Å²) in [5, 5.41) is 14.8. The molecule has 0 saturated carbocycles. The van der Waals surface area contributed by atoms with E-state index in [0.29, 0.717) is 21.8 Å². The van der Waals surface area contributed by atoms with E-state index in [1.165, 1.54) is 0 Å². The molecule has 8 nitrogen and oxygen atoms in total. The van der Waals surface area contributed by atoms with Crippen LogP contribution in [0.4, 0.5) is 0 Å². The minimum atomic E-state index is -3.60. The molecule has 0 aliphatic carbocycles. The van der Waals surface area contributed by atoms with Crippen molar-refractivity contribution in [2.24, 2.45) is 0 Å². The summed E-state index contributed by atoms with van der Waals surface area (Å²) in [7, 11) is -7.18. The zero-order valence-electron chi connectivity index (χ0n) is 20.2. The Labute approximate surface area is 233 Å². The zero-order chi connectivity index (χ0) is 27.6. The number of nitrogens with zero attached hydrogens (tertiary/aromatic N) is 2. The van der Waals surface area contributed by atoms with Gasteiger partial charge in [-0.15, -0.1) is 0 Å². The van der Waals surface area contributed by atoms with Gasteiger partial charge < -0.3 is 0 Å². The van der Waals surface area contributed by atoms with Gasteiger partial charge in [-0.05, 0) is 58.4 Å². The highest BCUT2D eigenvalue weighted by Crippen LogP contribution is 2.30. The normalized spacial score (nSPS) is 11.7. The maximum Gasteiger partial charge on any atom is 0.223 e. The highest BCUT2D eigenvalue weighted by atomic mass is 79.9. The fraction of sp³-hybridized carbons (Fsp3) is 0. The van der Waals surface area contributed by atoms with Crippen LogP contribution in [0.2, 0.25) is 0 Å². The lowest BCUT2D eigenvalue weighted by Gasteiger charge is -2.02. The number of nitrogens with one attached hydrogen (secondary N) is 2. The SMILES string of the molecule is C=Cc1cccc2c(S(=O)(=O)c3ccccc3)[nH]nc12.O=S(=O)(c1ccccc1)c1[nH]nc2c(Br)cccc12. The Morgan fingerprint density at radius 3 is 1.59 bits per heavy atom. The maximum absolute atomic E-state index is 12.6. The van der Waals surface area contributed by atoms with Gasteiger partial charge in [0.1, 0.15) is 11.0 Å². The predicted molar refractivity (Wildman–Crippen MR) is 154 cm³/mol. The van der Waals surface area contributed by atoms with Crippen molar-refractivity contribution >= 4 is 63.5 Å². The molecular formula is C28H21BrN4O4S2. The minimum Gasteiger partial charge on any atom is -0.266 e. The number of rotatable bonds is 5. The molecule has 4 aromatic carbocycles. The number of hydrogen-bond acceptors (Lipinski definition) is 6. The fourth-order valence-corrected chi connectivity index (χ4v) is 7.22. The Morgan fingerprint density at radius 2 is 1.08 bits per heavy atom. The van der Waals surface area contributed by atoms with E-state index < -0.39 is 19.7 Å². The lowest BCUT2D eigenvalue weighted by atomic mass is 10.1. The largest absolute Gasteiger partial charge is 0.266 e. The number of aromatic nitrogens is 4. The summed E-state index contributed by atoms with van der Waals surface area (Å²) < 4.78 is 51.1. The van der Waals surface area contributed by atoms with Crippen molar-refractivity contribution in [2.45, 2.75) is 19.8 Å². The van der Waals surface area contributed by atoms with Gasteiger partial charge in [-0.3, -0.25) is 10.2 Å². The molecule has 6 aromatic rings. The topological polar surface area (TPSA) is 126 Å². The summed E-state index contributed by atoms with van der Waals surface area (Å²) in [4.78, 5) is 0.495. The summed E-state index contributed by atoms with van der Waals surface area (Å²) in [6.45, 7) is 3.71. The summed E-state index contributed by atoms with van der Waals surface area (Å²) in [6, 6.07) is 27.3. The summed E-state index contributed by atoms with van der Waals surface area (Å²) >= 11 is 3.36. The van der Waals surface area contributed by atoms with E-state index in [-0.39, 0.29) is 19.8 Å². The molecule has 2 heterocycles. The van der Waals surface area contributed by atoms with Gasteiger partial charge in [0.15, 0.2) is 10.1 Å². The first-order valence-electron chi connectivity index (χ1n) is 11.6. The molecule has 2 N–H and O–H groups in total. The summed E-state index contributed by atoms with van der Waals surface area (Å²) in [5.74, 6) is 0. The third kappa shape index (κ3) is 4.91. The Morgan fingerprint density at radius 1 is 0.615 bits per heavy atom. The monoisotopic (exact) mass is 620 g/mol. The van der Waals surface area contributed by atoms with Gasteiger partial charge in [-0.2, -0.15) is 10.2 Å². The number of benzene rings is 4. The Balaban J connectivity index is 0.000000158. The van der Waals surface area contributed by atoms with E-state index in [1.807, 2.05) is 12.1 Å². The lowest BCUT2D eigenvalue weighted by Crippen LogP contribution is -2.02. The van der Waals surface area contributed by atoms with Crippen molar-refractivity contribution in [1.29, 1.82) is 0 Å². The van der Waals surface area contributed by atoms with Crippen LogP contribution < -0.4 is 0 Å². The predicted octanol–water partition coefficient (Wildman–Crippen LogP) is 6.20. The molecule has 0 radical (unpaired) electrons. The average Bonchev–Trinajstić information content (AvgIpc) is 3.61. The van der Waals surface area contributed by atoms with Crippen LogP contribution in [0.3, 0.4) is 0 Å². The molecular weight excluding hydrogens is 600 g/mol. The van der Waals surface area contributed by atoms with Crippen molar-refractivity contribution in [1.82, 2.24) is 20.4 Å². The van der Waals surface area contributed by atoms with Crippen LogP contribution in [-0.4, -0.2) is 37.2 Å². The number of H-pyrrole nitrogens is 2. The van der Waals surface area contributed by atoms with Gasteiger partial charge in [-0.25, -0.2) is 16.8 Å². The zero-order valence-corrected chi connectivity index (χ0v) is 23.5. The lowest BCUT2D eigenvalue weighted by molar-refractivity contribution is 0.591. The molecule has 39 heavy (non-hydrogen) atoms. The third-order valence-electron chi connectivity index (χ3n) is 5.95. The summed E-state index contributed by atoms with van der Waals surface area (Å²) in [5.41, 5.74) is 2.02. The maximum atomic E-state index is 12.6. The van der Waals surface area contributed by atoms with E-state index in [4.69, 9.17) is 0 Å². The van der Waals surface area contributed by atoms with Crippen LogP contribution in [0, 0.1) is 0 Å². The Kier molecular flexibility index (Phi) is 7.21. The minimum absolute atomic E-state index is 0.113. The number of halogens is 1. The Bertz CT molecular complexity index is 2020. The molecule has 0 saturated heterocycles. The molecule has 2 aromatic heterocycles. The number of fused-ring (bicyclic) bond motifs is 2. The molecule has 0 aliphatic heterocycles. The molecule has 0 amide bonds. The van der Waals surface area contributed by atoms with Crippen LogP contribution in [0.25, 0.3) is 27.9 Å². The van der Waals surface area contributed by atoms with Crippen molar-refractivity contribution < 1.29 is 16.8 Å². The van der Waals surface area contributed by atoms with Gasteiger partial charge in [0.2, 0.25) is 19.7 Å². The van der Waals surface area contributed by atoms with Crippen molar-refractivity contribution in [3.05, 3.63) is 114 Å². The van der Waals surface area contributed by atoms with Gasteiger partial charge in [-0.1, -0.05) is 67.3 Å². The Hall–Kier alpha value is -4.06. The van der Waals surface area contributed by atoms with Crippen LogP contribution in [0.15, 0.2) is 128 Å². The van der Waals surface area contributed by atoms with E-state index >= 15 is 0 Å². The van der Waals surface area contributed by atoms with Crippen LogP contribution in [0.1, 0.15) is 5.56 Å². The summed E-state index contributed by atoms with van der Waals surface area (Å²) in [6.07, 6.45) is 1.65. The molecule has 0 fully saturated rings. The molecule has 0 unspecified atom stereocenters. The van der Waals surface area contributed by atoms with E-state index in [1.54, 1.807) is 91.0 Å². The first-order valence-corrected chi connectivity index (χ1v) is 15.3. The van der Waals surface area contributed by atoms with E-state index in [0.717, 1.165) is 10.0 Å².